The van der Waals surface area contributed by atoms with E-state index in [1.54, 1.807) is 21.1 Å². The van der Waals surface area contributed by atoms with Crippen molar-refractivity contribution < 1.29 is 19.8 Å². The van der Waals surface area contributed by atoms with Gasteiger partial charge in [0.15, 0.2) is 5.60 Å². The van der Waals surface area contributed by atoms with Gasteiger partial charge in [-0.2, -0.15) is 0 Å². The number of hydrogen-bond acceptors (Lipinski definition) is 4. The minimum atomic E-state index is -1.83. The maximum absolute atomic E-state index is 11.3. The third-order valence-corrected chi connectivity index (χ3v) is 1.94. The molecule has 6 nitrogen and oxygen atoms in total. The van der Waals surface area contributed by atoms with Crippen LogP contribution in [0.1, 0.15) is 6.92 Å². The fourth-order valence-corrected chi connectivity index (χ4v) is 1.02. The number of aliphatic carboxylic acids is 1. The number of carboxylic acids is 1. The number of amides is 1. The molecule has 0 aromatic heterocycles. The van der Waals surface area contributed by atoms with Crippen molar-refractivity contribution in [3.05, 3.63) is 0 Å². The molecule has 0 radical (unpaired) electrons. The van der Waals surface area contributed by atoms with Gasteiger partial charge in [-0.15, -0.1) is 0 Å². The van der Waals surface area contributed by atoms with E-state index in [4.69, 9.17) is 5.11 Å². The van der Waals surface area contributed by atoms with Gasteiger partial charge in [0.05, 0.1) is 6.54 Å². The van der Waals surface area contributed by atoms with Gasteiger partial charge in [0.1, 0.15) is 0 Å². The zero-order valence-electron chi connectivity index (χ0n) is 9.52. The summed E-state index contributed by atoms with van der Waals surface area (Å²) in [4.78, 5) is 24.7. The minimum absolute atomic E-state index is 0.0798. The highest BCUT2D eigenvalue weighted by Crippen LogP contribution is 2.05. The smallest absolute Gasteiger partial charge is 0.336 e. The van der Waals surface area contributed by atoms with Crippen molar-refractivity contribution in [2.24, 2.45) is 0 Å². The lowest BCUT2D eigenvalue weighted by molar-refractivity contribution is -0.158. The molecule has 2 N–H and O–H groups in total. The Kier molecular flexibility index (Phi) is 4.70. The number of likely N-dealkylation sites (N-methyl/N-ethyl adjacent to an activating group) is 2. The molecule has 0 bridgehead atoms. The van der Waals surface area contributed by atoms with Gasteiger partial charge in [-0.1, -0.05) is 0 Å². The van der Waals surface area contributed by atoms with Crippen LogP contribution in [0.5, 0.6) is 0 Å². The Labute approximate surface area is 89.1 Å². The van der Waals surface area contributed by atoms with Gasteiger partial charge in [0.25, 0.3) is 0 Å². The van der Waals surface area contributed by atoms with Crippen LogP contribution in [0.25, 0.3) is 0 Å². The van der Waals surface area contributed by atoms with Gasteiger partial charge >= 0.3 is 5.97 Å². The molecule has 0 fully saturated rings. The number of carbonyl (C=O) groups excluding carboxylic acids is 1. The molecule has 1 atom stereocenters. The molecule has 6 heteroatoms. The SMILES string of the molecule is CN(CC(=O)N(C)C)CC(C)(O)C(=O)O. The predicted octanol–water partition coefficient (Wildman–Crippen LogP) is -1.16. The maximum atomic E-state index is 11.3. The first-order chi connectivity index (χ1) is 6.66. The third kappa shape index (κ3) is 4.75. The van der Waals surface area contributed by atoms with E-state index < -0.39 is 11.6 Å². The van der Waals surface area contributed by atoms with Crippen molar-refractivity contribution in [1.29, 1.82) is 0 Å². The second kappa shape index (κ2) is 5.09. The van der Waals surface area contributed by atoms with Crippen LogP contribution in [0, 0.1) is 0 Å². The van der Waals surface area contributed by atoms with Crippen LogP contribution >= 0.6 is 0 Å². The Morgan fingerprint density at radius 2 is 1.73 bits per heavy atom. The van der Waals surface area contributed by atoms with Crippen LogP contribution < -0.4 is 0 Å². The summed E-state index contributed by atoms with van der Waals surface area (Å²) < 4.78 is 0. The van der Waals surface area contributed by atoms with Crippen LogP contribution in [-0.4, -0.2) is 71.7 Å². The number of rotatable bonds is 5. The number of aliphatic hydroxyl groups is 1. The summed E-state index contributed by atoms with van der Waals surface area (Å²) in [5, 5.41) is 18.1. The second-order valence-electron chi connectivity index (χ2n) is 4.04. The zero-order valence-corrected chi connectivity index (χ0v) is 9.52. The summed E-state index contributed by atoms with van der Waals surface area (Å²) >= 11 is 0. The Balaban J connectivity index is 4.20. The minimum Gasteiger partial charge on any atom is -0.479 e. The Bertz CT molecular complexity index is 250. The highest BCUT2D eigenvalue weighted by atomic mass is 16.4. The lowest BCUT2D eigenvalue weighted by Crippen LogP contribution is -2.47. The molecule has 0 heterocycles. The quantitative estimate of drug-likeness (QED) is 0.608. The fraction of sp³-hybridized carbons (Fsp3) is 0.778. The molecule has 0 spiro atoms. The largest absolute Gasteiger partial charge is 0.479 e. The second-order valence-corrected chi connectivity index (χ2v) is 4.04. The van der Waals surface area contributed by atoms with Crippen molar-refractivity contribution in [2.75, 3.05) is 34.2 Å². The van der Waals surface area contributed by atoms with E-state index in [-0.39, 0.29) is 19.0 Å². The van der Waals surface area contributed by atoms with E-state index in [2.05, 4.69) is 0 Å². The van der Waals surface area contributed by atoms with E-state index in [9.17, 15) is 14.7 Å². The molecule has 0 saturated heterocycles. The van der Waals surface area contributed by atoms with E-state index in [0.29, 0.717) is 0 Å². The molecule has 1 amide bonds. The summed E-state index contributed by atoms with van der Waals surface area (Å²) in [6, 6.07) is 0. The Hall–Kier alpha value is -1.14. The Morgan fingerprint density at radius 1 is 1.27 bits per heavy atom. The molecule has 0 aromatic carbocycles. The van der Waals surface area contributed by atoms with Crippen molar-refractivity contribution in [2.45, 2.75) is 12.5 Å². The van der Waals surface area contributed by atoms with Gasteiger partial charge in [0.2, 0.25) is 5.91 Å². The first-order valence-corrected chi connectivity index (χ1v) is 4.51. The van der Waals surface area contributed by atoms with E-state index in [1.807, 2.05) is 0 Å². The lowest BCUT2D eigenvalue weighted by atomic mass is 10.1. The lowest BCUT2D eigenvalue weighted by Gasteiger charge is -2.25. The molecule has 0 aliphatic carbocycles. The summed E-state index contributed by atoms with van der Waals surface area (Å²) in [6.07, 6.45) is 0. The highest BCUT2D eigenvalue weighted by Gasteiger charge is 2.31. The first-order valence-electron chi connectivity index (χ1n) is 4.51. The molecule has 0 rings (SSSR count). The van der Waals surface area contributed by atoms with Crippen molar-refractivity contribution >= 4 is 11.9 Å². The topological polar surface area (TPSA) is 81.1 Å². The fourth-order valence-electron chi connectivity index (χ4n) is 1.02. The van der Waals surface area contributed by atoms with E-state index in [0.717, 1.165) is 0 Å². The van der Waals surface area contributed by atoms with Crippen LogP contribution in [0.2, 0.25) is 0 Å². The standard InChI is InChI=1S/C9H18N2O4/c1-9(15,8(13)14)6-11(4)5-7(12)10(2)3/h15H,5-6H2,1-4H3,(H,13,14). The maximum Gasteiger partial charge on any atom is 0.336 e. The zero-order chi connectivity index (χ0) is 12.2. The molecule has 0 aliphatic rings. The average molecular weight is 218 g/mol. The van der Waals surface area contributed by atoms with Crippen LogP contribution in [0.15, 0.2) is 0 Å². The average Bonchev–Trinajstić information content (AvgIpc) is 2.01. The number of nitrogens with zero attached hydrogens (tertiary/aromatic N) is 2. The summed E-state index contributed by atoms with van der Waals surface area (Å²) in [5.74, 6) is -1.44. The normalized spacial score (nSPS) is 14.8. The third-order valence-electron chi connectivity index (χ3n) is 1.94. The molecule has 0 saturated carbocycles. The highest BCUT2D eigenvalue weighted by molar-refractivity contribution is 5.78. The van der Waals surface area contributed by atoms with Gasteiger partial charge < -0.3 is 15.1 Å². The number of carboxylic acid groups (broad SMARTS) is 1. The molecule has 0 aromatic rings. The molecular weight excluding hydrogens is 200 g/mol. The van der Waals surface area contributed by atoms with E-state index in [1.165, 1.54) is 16.7 Å². The van der Waals surface area contributed by atoms with Crippen LogP contribution in [0.3, 0.4) is 0 Å². The van der Waals surface area contributed by atoms with Gasteiger partial charge in [-0.05, 0) is 14.0 Å². The van der Waals surface area contributed by atoms with Gasteiger partial charge in [0, 0.05) is 20.6 Å². The van der Waals surface area contributed by atoms with Gasteiger partial charge in [-0.25, -0.2) is 4.79 Å². The summed E-state index contributed by atoms with van der Waals surface area (Å²) in [7, 11) is 4.82. The molecule has 0 aliphatic heterocycles. The van der Waals surface area contributed by atoms with Crippen LogP contribution in [-0.2, 0) is 9.59 Å². The summed E-state index contributed by atoms with van der Waals surface area (Å²) in [5.41, 5.74) is -1.83. The molecule has 15 heavy (non-hydrogen) atoms. The Morgan fingerprint density at radius 3 is 2.07 bits per heavy atom. The number of carbonyl (C=O) groups is 2. The van der Waals surface area contributed by atoms with Crippen molar-refractivity contribution in [3.63, 3.8) is 0 Å². The van der Waals surface area contributed by atoms with Crippen LogP contribution in [0.4, 0.5) is 0 Å². The van der Waals surface area contributed by atoms with Gasteiger partial charge in [-0.3, -0.25) is 9.69 Å². The first kappa shape index (κ1) is 13.9. The predicted molar refractivity (Wildman–Crippen MR) is 54.5 cm³/mol. The van der Waals surface area contributed by atoms with Crippen molar-refractivity contribution in [1.82, 2.24) is 9.80 Å². The molecular formula is C9H18N2O4. The monoisotopic (exact) mass is 218 g/mol. The number of hydrogen-bond donors (Lipinski definition) is 2. The summed E-state index contributed by atoms with van der Waals surface area (Å²) in [6.45, 7) is 1.18. The molecule has 1 unspecified atom stereocenters. The molecule has 88 valence electrons. The van der Waals surface area contributed by atoms with Crippen molar-refractivity contribution in [3.8, 4) is 0 Å². The van der Waals surface area contributed by atoms with E-state index >= 15 is 0 Å².